The Balaban J connectivity index is 1.21. The zero-order valence-electron chi connectivity index (χ0n) is 22.6. The molecule has 38 heavy (non-hydrogen) atoms. The van der Waals surface area contributed by atoms with Crippen molar-refractivity contribution >= 4 is 11.9 Å². The predicted octanol–water partition coefficient (Wildman–Crippen LogP) is 5.31. The summed E-state index contributed by atoms with van der Waals surface area (Å²) >= 11 is 0. The van der Waals surface area contributed by atoms with Crippen molar-refractivity contribution in [1.82, 2.24) is 10.2 Å². The number of rotatable bonds is 8. The molecule has 2 fully saturated rings. The van der Waals surface area contributed by atoms with Gasteiger partial charge < -0.3 is 25.2 Å². The van der Waals surface area contributed by atoms with Crippen LogP contribution >= 0.6 is 0 Å². The molecule has 204 valence electrons. The molecule has 2 aliphatic carbocycles. The Bertz CT molecular complexity index is 1190. The van der Waals surface area contributed by atoms with Gasteiger partial charge in [-0.15, -0.1) is 0 Å². The Labute approximate surface area is 225 Å². The minimum absolute atomic E-state index is 0.00296. The first-order chi connectivity index (χ1) is 18.3. The van der Waals surface area contributed by atoms with E-state index in [-0.39, 0.29) is 41.0 Å². The summed E-state index contributed by atoms with van der Waals surface area (Å²) in [6.07, 6.45) is 8.91. The second-order valence-electron chi connectivity index (χ2n) is 11.6. The summed E-state index contributed by atoms with van der Waals surface area (Å²) in [5.41, 5.74) is 3.68. The molecule has 0 radical (unpaired) electrons. The maximum Gasteiger partial charge on any atom is 0.326 e. The molecule has 3 N–H and O–H groups in total. The second kappa shape index (κ2) is 11.0. The number of hydrogen-bond donors (Lipinski definition) is 3. The Morgan fingerprint density at radius 1 is 1.00 bits per heavy atom. The topological polar surface area (TPSA) is 99.1 Å². The minimum Gasteiger partial charge on any atom is -0.508 e. The summed E-state index contributed by atoms with van der Waals surface area (Å²) in [7, 11) is 0. The number of aromatic hydroxyl groups is 2. The Hall–Kier alpha value is -3.06. The molecule has 1 heterocycles. The molecule has 0 aromatic heterocycles. The van der Waals surface area contributed by atoms with Crippen molar-refractivity contribution in [3.8, 4) is 11.5 Å². The van der Waals surface area contributed by atoms with E-state index in [2.05, 4.69) is 23.5 Å². The number of ether oxygens (including phenoxy) is 1. The number of phenolic OH excluding ortho intramolecular Hbond substituents is 2. The van der Waals surface area contributed by atoms with Crippen molar-refractivity contribution in [3.63, 3.8) is 0 Å². The largest absolute Gasteiger partial charge is 0.508 e. The van der Waals surface area contributed by atoms with Crippen molar-refractivity contribution in [2.45, 2.75) is 102 Å². The summed E-state index contributed by atoms with van der Waals surface area (Å²) in [5, 5.41) is 24.1. The molecule has 0 spiro atoms. The molecule has 2 aromatic rings. The number of esters is 1. The highest BCUT2D eigenvalue weighted by Gasteiger charge is 2.43. The fourth-order valence-corrected chi connectivity index (χ4v) is 6.29. The first kappa shape index (κ1) is 26.5. The van der Waals surface area contributed by atoms with Gasteiger partial charge in [-0.25, -0.2) is 0 Å². The van der Waals surface area contributed by atoms with Gasteiger partial charge in [0.25, 0.3) is 5.91 Å². The summed E-state index contributed by atoms with van der Waals surface area (Å²) < 4.78 is 5.90. The number of amides is 1. The molecular formula is C31H40N2O5. The van der Waals surface area contributed by atoms with Crippen LogP contribution in [0.25, 0.3) is 0 Å². The molecule has 7 nitrogen and oxygen atoms in total. The quantitative estimate of drug-likeness (QED) is 0.408. The maximum atomic E-state index is 13.3. The number of hydrogen-bond acceptors (Lipinski definition) is 6. The third-order valence-corrected chi connectivity index (χ3v) is 8.58. The monoisotopic (exact) mass is 520 g/mol. The number of nitrogens with one attached hydrogen (secondary N) is 1. The smallest absolute Gasteiger partial charge is 0.326 e. The van der Waals surface area contributed by atoms with Gasteiger partial charge in [0, 0.05) is 25.7 Å². The summed E-state index contributed by atoms with van der Waals surface area (Å²) in [6.45, 7) is 5.54. The zero-order valence-corrected chi connectivity index (χ0v) is 22.6. The van der Waals surface area contributed by atoms with E-state index < -0.39 is 5.54 Å². The van der Waals surface area contributed by atoms with Crippen molar-refractivity contribution < 1.29 is 24.5 Å². The van der Waals surface area contributed by atoms with Gasteiger partial charge in [-0.05, 0) is 79.2 Å². The molecule has 0 saturated heterocycles. The molecular weight excluding hydrogens is 480 g/mol. The van der Waals surface area contributed by atoms with Crippen LogP contribution in [0, 0.1) is 0 Å². The number of phenols is 2. The van der Waals surface area contributed by atoms with Crippen LogP contribution in [0.5, 0.6) is 11.5 Å². The first-order valence-corrected chi connectivity index (χ1v) is 14.2. The van der Waals surface area contributed by atoms with Gasteiger partial charge in [0.15, 0.2) is 0 Å². The number of fused-ring (bicyclic) bond motifs is 1. The molecule has 0 unspecified atom stereocenters. The van der Waals surface area contributed by atoms with E-state index in [1.165, 1.54) is 6.07 Å². The van der Waals surface area contributed by atoms with E-state index in [9.17, 15) is 19.8 Å². The van der Waals surface area contributed by atoms with Crippen molar-refractivity contribution in [3.05, 3.63) is 58.1 Å². The van der Waals surface area contributed by atoms with Crippen LogP contribution in [0.4, 0.5) is 0 Å². The summed E-state index contributed by atoms with van der Waals surface area (Å²) in [6, 6.07) is 9.19. The average Bonchev–Trinajstić information content (AvgIpc) is 3.65. The fraction of sp³-hybridized carbons (Fsp3) is 0.548. The Kier molecular flexibility index (Phi) is 7.66. The lowest BCUT2D eigenvalue weighted by atomic mass is 9.96. The van der Waals surface area contributed by atoms with Gasteiger partial charge >= 0.3 is 5.97 Å². The van der Waals surface area contributed by atoms with E-state index in [0.717, 1.165) is 74.5 Å². The van der Waals surface area contributed by atoms with Crippen LogP contribution in [0.2, 0.25) is 0 Å². The van der Waals surface area contributed by atoms with E-state index >= 15 is 0 Å². The number of carbonyl (C=O) groups is 2. The van der Waals surface area contributed by atoms with E-state index in [4.69, 9.17) is 4.74 Å². The fourth-order valence-electron chi connectivity index (χ4n) is 6.29. The maximum absolute atomic E-state index is 13.3. The van der Waals surface area contributed by atoms with E-state index in [1.807, 2.05) is 13.8 Å². The number of carbonyl (C=O) groups excluding carboxylic acids is 2. The number of nitrogens with zero attached hydrogens (tertiary/aromatic N) is 1. The van der Waals surface area contributed by atoms with Gasteiger partial charge in [0.05, 0.1) is 5.56 Å². The summed E-state index contributed by atoms with van der Waals surface area (Å²) in [4.78, 5) is 28.1. The molecule has 2 aromatic carbocycles. The normalized spacial score (nSPS) is 18.8. The third kappa shape index (κ3) is 5.39. The lowest BCUT2D eigenvalue weighted by Gasteiger charge is -2.29. The van der Waals surface area contributed by atoms with Crippen molar-refractivity contribution in [1.29, 1.82) is 0 Å². The predicted molar refractivity (Wildman–Crippen MR) is 145 cm³/mol. The van der Waals surface area contributed by atoms with Crippen LogP contribution < -0.4 is 5.32 Å². The van der Waals surface area contributed by atoms with Gasteiger partial charge in [-0.1, -0.05) is 44.9 Å². The standard InChI is InChI=1S/C31H40N2O5/c1-20(2)25-16-26(28(35)17-27(25)34)29(36)33-18-22-10-9-21(15-23(22)19-33)11-14-32-31(12-5-6-13-31)30(37)38-24-7-3-4-8-24/h9-10,15-17,20,24,32,34-35H,3-8,11-14,18-19H2,1-2H3. The third-order valence-electron chi connectivity index (χ3n) is 8.58. The lowest BCUT2D eigenvalue weighted by Crippen LogP contribution is -2.52. The van der Waals surface area contributed by atoms with Crippen LogP contribution in [0.3, 0.4) is 0 Å². The van der Waals surface area contributed by atoms with Crippen LogP contribution in [0.15, 0.2) is 30.3 Å². The average molecular weight is 521 g/mol. The van der Waals surface area contributed by atoms with E-state index in [0.29, 0.717) is 25.2 Å². The zero-order chi connectivity index (χ0) is 26.9. The first-order valence-electron chi connectivity index (χ1n) is 14.2. The Morgan fingerprint density at radius 2 is 1.71 bits per heavy atom. The van der Waals surface area contributed by atoms with Crippen LogP contribution in [-0.2, 0) is 29.0 Å². The van der Waals surface area contributed by atoms with Crippen LogP contribution in [0.1, 0.15) is 104 Å². The van der Waals surface area contributed by atoms with Gasteiger partial charge in [-0.2, -0.15) is 0 Å². The van der Waals surface area contributed by atoms with Gasteiger partial charge in [0.2, 0.25) is 0 Å². The van der Waals surface area contributed by atoms with E-state index in [1.54, 1.807) is 11.0 Å². The Morgan fingerprint density at radius 3 is 2.42 bits per heavy atom. The lowest BCUT2D eigenvalue weighted by molar-refractivity contribution is -0.156. The van der Waals surface area contributed by atoms with Gasteiger partial charge in [0.1, 0.15) is 23.1 Å². The minimum atomic E-state index is -0.552. The SMILES string of the molecule is CC(C)c1cc(C(=O)N2Cc3ccc(CCNC4(C(=O)OC5CCCC5)CCCC4)cc3C2)c(O)cc1O. The number of benzene rings is 2. The highest BCUT2D eigenvalue weighted by atomic mass is 16.5. The van der Waals surface area contributed by atoms with Crippen molar-refractivity contribution in [2.24, 2.45) is 0 Å². The highest BCUT2D eigenvalue weighted by Crippen LogP contribution is 2.35. The molecule has 2 saturated carbocycles. The highest BCUT2D eigenvalue weighted by molar-refractivity contribution is 5.97. The molecule has 3 aliphatic rings. The molecule has 0 bridgehead atoms. The molecule has 1 amide bonds. The molecule has 0 atom stereocenters. The van der Waals surface area contributed by atoms with Gasteiger partial charge in [-0.3, -0.25) is 9.59 Å². The van der Waals surface area contributed by atoms with Crippen LogP contribution in [-0.4, -0.2) is 45.2 Å². The molecule has 5 rings (SSSR count). The summed E-state index contributed by atoms with van der Waals surface area (Å²) in [5.74, 6) is -0.479. The molecule has 1 aliphatic heterocycles. The second-order valence-corrected chi connectivity index (χ2v) is 11.6. The molecule has 7 heteroatoms. The van der Waals surface area contributed by atoms with Crippen molar-refractivity contribution in [2.75, 3.05) is 6.54 Å².